The van der Waals surface area contributed by atoms with Crippen LogP contribution in [0.5, 0.6) is 23.3 Å². The number of aliphatic carboxylic acids is 1. The molecule has 0 amide bonds. The van der Waals surface area contributed by atoms with E-state index >= 15 is 0 Å². The van der Waals surface area contributed by atoms with Gasteiger partial charge in [0.05, 0.1) is 18.2 Å². The Bertz CT molecular complexity index is 958. The van der Waals surface area contributed by atoms with Crippen LogP contribution in [0, 0.1) is 12.7 Å². The highest BCUT2D eigenvalue weighted by Gasteiger charge is 2.19. The van der Waals surface area contributed by atoms with Crippen molar-refractivity contribution < 1.29 is 23.8 Å². The van der Waals surface area contributed by atoms with Gasteiger partial charge < -0.3 is 14.6 Å². The average Bonchev–Trinajstić information content (AvgIpc) is 2.84. The number of rotatable bonds is 6. The van der Waals surface area contributed by atoms with E-state index in [1.807, 2.05) is 0 Å². The van der Waals surface area contributed by atoms with Gasteiger partial charge in [0.15, 0.2) is 17.3 Å². The zero-order chi connectivity index (χ0) is 18.7. The predicted molar refractivity (Wildman–Crippen MR) is 87.9 cm³/mol. The molecule has 0 aliphatic heterocycles. The molecule has 1 aromatic carbocycles. The van der Waals surface area contributed by atoms with E-state index in [0.29, 0.717) is 17.1 Å². The lowest BCUT2D eigenvalue weighted by atomic mass is 10.2. The lowest BCUT2D eigenvalue weighted by Gasteiger charge is -2.09. The van der Waals surface area contributed by atoms with Crippen LogP contribution in [0.2, 0.25) is 0 Å². The number of carboxylic acids is 1. The molecule has 0 saturated heterocycles. The zero-order valence-corrected chi connectivity index (χ0v) is 14.0. The highest BCUT2D eigenvalue weighted by Crippen LogP contribution is 2.30. The summed E-state index contributed by atoms with van der Waals surface area (Å²) in [6.45, 7) is 1.69. The summed E-state index contributed by atoms with van der Waals surface area (Å²) >= 11 is 0. The number of aryl methyl sites for hydroxylation is 2. The van der Waals surface area contributed by atoms with Gasteiger partial charge in [-0.3, -0.25) is 9.48 Å². The molecule has 0 aliphatic rings. The second kappa shape index (κ2) is 7.18. The zero-order valence-electron chi connectivity index (χ0n) is 14.0. The molecule has 1 N–H and O–H groups in total. The quantitative estimate of drug-likeness (QED) is 0.723. The maximum Gasteiger partial charge on any atom is 0.309 e. The third-order valence-electron chi connectivity index (χ3n) is 3.47. The predicted octanol–water partition coefficient (Wildman–Crippen LogP) is 2.87. The van der Waals surface area contributed by atoms with Crippen molar-refractivity contribution in [2.24, 2.45) is 7.05 Å². The van der Waals surface area contributed by atoms with Gasteiger partial charge in [0, 0.05) is 7.05 Å². The van der Waals surface area contributed by atoms with E-state index in [4.69, 9.17) is 14.6 Å². The number of ether oxygens (including phenoxy) is 2. The van der Waals surface area contributed by atoms with Gasteiger partial charge in [-0.2, -0.15) is 5.10 Å². The fourth-order valence-corrected chi connectivity index (χ4v) is 2.34. The summed E-state index contributed by atoms with van der Waals surface area (Å²) < 4.78 is 26.2. The molecule has 0 fully saturated rings. The summed E-state index contributed by atoms with van der Waals surface area (Å²) in [5.41, 5.74) is 0.907. The first-order chi connectivity index (χ1) is 12.4. The molecule has 0 saturated carbocycles. The van der Waals surface area contributed by atoms with Crippen molar-refractivity contribution in [1.82, 2.24) is 19.7 Å². The molecule has 3 aromatic rings. The Hall–Kier alpha value is -3.49. The summed E-state index contributed by atoms with van der Waals surface area (Å²) in [6, 6.07) is 7.29. The number of nitrogens with zero attached hydrogens (tertiary/aromatic N) is 4. The normalized spacial score (nSPS) is 10.6. The molecule has 134 valence electrons. The Balaban J connectivity index is 1.86. The monoisotopic (exact) mass is 358 g/mol. The Labute approximate surface area is 147 Å². The molecule has 9 heteroatoms. The van der Waals surface area contributed by atoms with Crippen LogP contribution in [0.3, 0.4) is 0 Å². The van der Waals surface area contributed by atoms with Crippen LogP contribution in [-0.4, -0.2) is 30.8 Å². The van der Waals surface area contributed by atoms with Crippen LogP contribution in [-0.2, 0) is 18.3 Å². The minimum Gasteiger partial charge on any atom is -0.481 e. The molecule has 0 unspecified atom stereocenters. The van der Waals surface area contributed by atoms with E-state index in [2.05, 4.69) is 15.1 Å². The summed E-state index contributed by atoms with van der Waals surface area (Å²) in [4.78, 5) is 18.9. The van der Waals surface area contributed by atoms with Gasteiger partial charge in [-0.05, 0) is 19.1 Å². The van der Waals surface area contributed by atoms with E-state index < -0.39 is 11.8 Å². The highest BCUT2D eigenvalue weighted by molar-refractivity contribution is 5.71. The maximum atomic E-state index is 13.7. The van der Waals surface area contributed by atoms with Gasteiger partial charge in [0.25, 0.3) is 0 Å². The van der Waals surface area contributed by atoms with Crippen LogP contribution in [0.4, 0.5) is 4.39 Å². The van der Waals surface area contributed by atoms with Crippen molar-refractivity contribution in [3.8, 4) is 23.3 Å². The van der Waals surface area contributed by atoms with Crippen molar-refractivity contribution in [2.75, 3.05) is 0 Å². The van der Waals surface area contributed by atoms with Crippen LogP contribution >= 0.6 is 0 Å². The molecule has 0 radical (unpaired) electrons. The fraction of sp³-hybridized carbons (Fsp3) is 0.176. The van der Waals surface area contributed by atoms with Crippen molar-refractivity contribution >= 4 is 5.97 Å². The molecular formula is C17H15FN4O4. The van der Waals surface area contributed by atoms with E-state index in [1.54, 1.807) is 26.1 Å². The largest absolute Gasteiger partial charge is 0.481 e. The van der Waals surface area contributed by atoms with E-state index in [1.165, 1.54) is 29.2 Å². The Morgan fingerprint density at radius 3 is 2.62 bits per heavy atom. The van der Waals surface area contributed by atoms with E-state index in [-0.39, 0.29) is 23.9 Å². The molecule has 8 nitrogen and oxygen atoms in total. The van der Waals surface area contributed by atoms with Gasteiger partial charge in [-0.15, -0.1) is 0 Å². The second-order valence-corrected chi connectivity index (χ2v) is 5.38. The van der Waals surface area contributed by atoms with Crippen molar-refractivity contribution in [2.45, 2.75) is 13.3 Å². The number of aromatic nitrogens is 4. The number of benzene rings is 1. The number of carboxylic acid groups (broad SMARTS) is 1. The molecule has 2 aromatic heterocycles. The fourth-order valence-electron chi connectivity index (χ4n) is 2.34. The van der Waals surface area contributed by atoms with Gasteiger partial charge >= 0.3 is 5.97 Å². The molecule has 0 atom stereocenters. The number of hydrogen-bond donors (Lipinski definition) is 1. The topological polar surface area (TPSA) is 99.4 Å². The van der Waals surface area contributed by atoms with Crippen LogP contribution in [0.25, 0.3) is 0 Å². The van der Waals surface area contributed by atoms with Crippen LogP contribution in [0.15, 0.2) is 36.7 Å². The third kappa shape index (κ3) is 3.77. The third-order valence-corrected chi connectivity index (χ3v) is 3.47. The smallest absolute Gasteiger partial charge is 0.309 e. The molecular weight excluding hydrogens is 343 g/mol. The molecule has 2 heterocycles. The van der Waals surface area contributed by atoms with E-state index in [9.17, 15) is 9.18 Å². The molecule has 26 heavy (non-hydrogen) atoms. The van der Waals surface area contributed by atoms with Gasteiger partial charge in [0.2, 0.25) is 11.8 Å². The standard InChI is InChI=1S/C17H15FN4O4/c1-10-17(12(7-16(23)24)22(2)21-10)26-15-8-14(19-9-20-15)25-13-6-4-3-5-11(13)18/h3-6,8-9H,7H2,1-2H3,(H,23,24). The van der Waals surface area contributed by atoms with Crippen LogP contribution < -0.4 is 9.47 Å². The number of para-hydroxylation sites is 1. The van der Waals surface area contributed by atoms with E-state index in [0.717, 1.165) is 0 Å². The van der Waals surface area contributed by atoms with Gasteiger partial charge in [-0.25, -0.2) is 14.4 Å². The highest BCUT2D eigenvalue weighted by atomic mass is 19.1. The molecule has 0 spiro atoms. The maximum absolute atomic E-state index is 13.7. The first kappa shape index (κ1) is 17.3. The Morgan fingerprint density at radius 1 is 1.23 bits per heavy atom. The number of hydrogen-bond acceptors (Lipinski definition) is 6. The van der Waals surface area contributed by atoms with Crippen molar-refractivity contribution in [1.29, 1.82) is 0 Å². The molecule has 0 aliphatic carbocycles. The minimum atomic E-state index is -1.01. The Morgan fingerprint density at radius 2 is 1.92 bits per heavy atom. The Kier molecular flexibility index (Phi) is 4.78. The SMILES string of the molecule is Cc1nn(C)c(CC(=O)O)c1Oc1cc(Oc2ccccc2F)ncn1. The average molecular weight is 358 g/mol. The van der Waals surface area contributed by atoms with Crippen LogP contribution in [0.1, 0.15) is 11.4 Å². The van der Waals surface area contributed by atoms with Crippen molar-refractivity contribution in [3.05, 3.63) is 53.9 Å². The lowest BCUT2D eigenvalue weighted by Crippen LogP contribution is -2.07. The summed E-state index contributed by atoms with van der Waals surface area (Å²) in [5.74, 6) is -1.02. The lowest BCUT2D eigenvalue weighted by molar-refractivity contribution is -0.136. The second-order valence-electron chi connectivity index (χ2n) is 5.38. The first-order valence-electron chi connectivity index (χ1n) is 7.60. The van der Waals surface area contributed by atoms with Gasteiger partial charge in [-0.1, -0.05) is 12.1 Å². The van der Waals surface area contributed by atoms with Gasteiger partial charge in [0.1, 0.15) is 12.0 Å². The molecule has 0 bridgehead atoms. The summed E-state index contributed by atoms with van der Waals surface area (Å²) in [5, 5.41) is 13.2. The number of halogens is 1. The molecule has 3 rings (SSSR count). The summed E-state index contributed by atoms with van der Waals surface area (Å²) in [6.07, 6.45) is 0.949. The summed E-state index contributed by atoms with van der Waals surface area (Å²) in [7, 11) is 1.63. The minimum absolute atomic E-state index is 0.0151. The number of carbonyl (C=O) groups is 1. The first-order valence-corrected chi connectivity index (χ1v) is 7.60. The van der Waals surface area contributed by atoms with Crippen molar-refractivity contribution in [3.63, 3.8) is 0 Å².